The van der Waals surface area contributed by atoms with E-state index >= 15 is 0 Å². The molecule has 0 unspecified atom stereocenters. The largest absolute Gasteiger partial charge is 0.397 e. The van der Waals surface area contributed by atoms with Crippen molar-refractivity contribution in [2.75, 3.05) is 5.32 Å². The number of aryl methyl sites for hydroxylation is 1. The third-order valence-corrected chi connectivity index (χ3v) is 4.25. The molecule has 0 spiro atoms. The van der Waals surface area contributed by atoms with E-state index < -0.39 is 28.5 Å². The van der Waals surface area contributed by atoms with Gasteiger partial charge in [0.25, 0.3) is 0 Å². The maximum atomic E-state index is 11.9. The molecule has 1 rings (SSSR count). The van der Waals surface area contributed by atoms with Gasteiger partial charge in [-0.15, -0.1) is 0 Å². The first-order valence-electron chi connectivity index (χ1n) is 4.36. The van der Waals surface area contributed by atoms with Crippen molar-refractivity contribution in [2.45, 2.75) is 23.7 Å². The highest BCUT2D eigenvalue weighted by Crippen LogP contribution is 2.27. The second kappa shape index (κ2) is 4.82. The highest BCUT2D eigenvalue weighted by Gasteiger charge is 2.31. The molecule has 6 nitrogen and oxygen atoms in total. The van der Waals surface area contributed by atoms with Crippen molar-refractivity contribution < 1.29 is 26.4 Å². The van der Waals surface area contributed by atoms with Crippen LogP contribution in [0.1, 0.15) is 12.1 Å². The molecule has 3 N–H and O–H groups in total. The maximum Gasteiger partial charge on any atom is 0.397 e. The summed E-state index contributed by atoms with van der Waals surface area (Å²) in [6, 6.07) is 0. The normalized spacial score (nSPS) is 12.5. The van der Waals surface area contributed by atoms with Gasteiger partial charge in [-0.05, 0) is 6.92 Å². The van der Waals surface area contributed by atoms with Crippen LogP contribution in [0.2, 0.25) is 0 Å². The van der Waals surface area contributed by atoms with Gasteiger partial charge in [-0.25, -0.2) is 18.5 Å². The summed E-state index contributed by atoms with van der Waals surface area (Å²) in [6.07, 6.45) is -6.31. The minimum Gasteiger partial charge on any atom is -0.302 e. The van der Waals surface area contributed by atoms with Gasteiger partial charge < -0.3 is 5.32 Å². The van der Waals surface area contributed by atoms with Crippen molar-refractivity contribution in [1.82, 2.24) is 4.98 Å². The van der Waals surface area contributed by atoms with Crippen LogP contribution in [0.25, 0.3) is 0 Å². The molecule has 0 aliphatic heterocycles. The molecule has 102 valence electrons. The van der Waals surface area contributed by atoms with E-state index in [1.54, 1.807) is 0 Å². The third-order valence-electron chi connectivity index (χ3n) is 1.62. The monoisotopic (exact) mass is 303 g/mol. The number of alkyl halides is 3. The van der Waals surface area contributed by atoms with Crippen LogP contribution in [0.15, 0.2) is 4.21 Å². The number of hydrogen-bond acceptors (Lipinski definition) is 5. The number of anilines is 1. The van der Waals surface area contributed by atoms with Gasteiger partial charge >= 0.3 is 6.18 Å². The first kappa shape index (κ1) is 14.9. The number of thiazole rings is 1. The lowest BCUT2D eigenvalue weighted by molar-refractivity contribution is -0.150. The molecule has 0 aliphatic carbocycles. The first-order chi connectivity index (χ1) is 7.99. The van der Waals surface area contributed by atoms with Crippen molar-refractivity contribution in [3.8, 4) is 0 Å². The molecule has 0 bridgehead atoms. The standard InChI is InChI=1S/C7H8F3N3O3S2/c1-3-5(18(11,15)16)17-6(12-3)13-4(14)2-7(8,9)10/h2H2,1H3,(H2,11,15,16)(H,12,13,14). The second-order valence-corrected chi connectivity index (χ2v) is 6.03. The Morgan fingerprint density at radius 3 is 2.44 bits per heavy atom. The van der Waals surface area contributed by atoms with Crippen LogP contribution >= 0.6 is 11.3 Å². The summed E-state index contributed by atoms with van der Waals surface area (Å²) < 4.78 is 57.4. The van der Waals surface area contributed by atoms with Crippen LogP contribution in [-0.2, 0) is 14.8 Å². The van der Waals surface area contributed by atoms with Crippen molar-refractivity contribution in [2.24, 2.45) is 5.14 Å². The van der Waals surface area contributed by atoms with Gasteiger partial charge in [-0.1, -0.05) is 11.3 Å². The number of aromatic nitrogens is 1. The average molecular weight is 303 g/mol. The summed E-state index contributed by atoms with van der Waals surface area (Å²) >= 11 is 0.497. The number of nitrogens with one attached hydrogen (secondary N) is 1. The number of carbonyl (C=O) groups is 1. The number of rotatable bonds is 3. The number of halogens is 3. The molecule has 0 saturated heterocycles. The van der Waals surface area contributed by atoms with Crippen molar-refractivity contribution >= 4 is 32.4 Å². The molecule has 1 aromatic heterocycles. The number of sulfonamides is 1. The van der Waals surface area contributed by atoms with E-state index in [0.717, 1.165) is 0 Å². The van der Waals surface area contributed by atoms with Crippen molar-refractivity contribution in [3.63, 3.8) is 0 Å². The van der Waals surface area contributed by atoms with Crippen LogP contribution in [0.3, 0.4) is 0 Å². The summed E-state index contributed by atoms with van der Waals surface area (Å²) in [7, 11) is -4.00. The molecule has 0 aliphatic rings. The highest BCUT2D eigenvalue weighted by atomic mass is 32.2. The van der Waals surface area contributed by atoms with E-state index in [1.807, 2.05) is 5.32 Å². The van der Waals surface area contributed by atoms with Crippen LogP contribution in [0, 0.1) is 6.92 Å². The fraction of sp³-hybridized carbons (Fsp3) is 0.429. The second-order valence-electron chi connectivity index (χ2n) is 3.28. The number of amides is 1. The Balaban J connectivity index is 2.85. The Kier molecular flexibility index (Phi) is 3.98. The molecule has 11 heteroatoms. The van der Waals surface area contributed by atoms with Gasteiger partial charge in [0, 0.05) is 0 Å². The fourth-order valence-corrected chi connectivity index (χ4v) is 2.92. The number of hydrogen-bond donors (Lipinski definition) is 2. The molecule has 0 fully saturated rings. The molecule has 1 heterocycles. The number of nitrogens with zero attached hydrogens (tertiary/aromatic N) is 1. The summed E-state index contributed by atoms with van der Waals surface area (Å²) in [4.78, 5) is 14.6. The summed E-state index contributed by atoms with van der Waals surface area (Å²) in [5.74, 6) is -1.32. The minimum atomic E-state index is -4.64. The van der Waals surface area contributed by atoms with Gasteiger partial charge in [0.05, 0.1) is 5.69 Å². The van der Waals surface area contributed by atoms with Gasteiger partial charge in [-0.3, -0.25) is 4.79 Å². The molecular formula is C7H8F3N3O3S2. The zero-order chi connectivity index (χ0) is 14.1. The van der Waals surface area contributed by atoms with E-state index in [2.05, 4.69) is 4.98 Å². The van der Waals surface area contributed by atoms with Crippen LogP contribution in [0.5, 0.6) is 0 Å². The van der Waals surface area contributed by atoms with E-state index in [0.29, 0.717) is 11.3 Å². The average Bonchev–Trinajstić information content (AvgIpc) is 2.41. The number of carbonyl (C=O) groups excluding carboxylic acids is 1. The van der Waals surface area contributed by atoms with E-state index in [1.165, 1.54) is 6.92 Å². The third kappa shape index (κ3) is 4.23. The lowest BCUT2D eigenvalue weighted by Crippen LogP contribution is -2.21. The molecule has 1 aromatic rings. The maximum absolute atomic E-state index is 11.9. The Hall–Kier alpha value is -1.20. The smallest absolute Gasteiger partial charge is 0.302 e. The quantitative estimate of drug-likeness (QED) is 0.869. The Bertz CT molecular complexity index is 564. The molecule has 18 heavy (non-hydrogen) atoms. The highest BCUT2D eigenvalue weighted by molar-refractivity contribution is 7.91. The predicted octanol–water partition coefficient (Wildman–Crippen LogP) is 0.990. The van der Waals surface area contributed by atoms with Gasteiger partial charge in [0.1, 0.15) is 6.42 Å². The summed E-state index contributed by atoms with van der Waals surface area (Å²) in [5, 5.41) is 6.47. The van der Waals surface area contributed by atoms with Crippen LogP contribution in [-0.4, -0.2) is 25.5 Å². The summed E-state index contributed by atoms with van der Waals surface area (Å²) in [6.45, 7) is 1.32. The van der Waals surface area contributed by atoms with Crippen molar-refractivity contribution in [1.29, 1.82) is 0 Å². The Morgan fingerprint density at radius 1 is 1.50 bits per heavy atom. The number of nitrogens with two attached hydrogens (primary N) is 1. The zero-order valence-corrected chi connectivity index (χ0v) is 10.5. The van der Waals surface area contributed by atoms with Crippen LogP contribution < -0.4 is 10.5 Å². The SMILES string of the molecule is Cc1nc(NC(=O)CC(F)(F)F)sc1S(N)(=O)=O. The Morgan fingerprint density at radius 2 is 2.06 bits per heavy atom. The van der Waals surface area contributed by atoms with Gasteiger partial charge in [0.15, 0.2) is 9.34 Å². The zero-order valence-electron chi connectivity index (χ0n) is 8.91. The molecule has 1 amide bonds. The van der Waals surface area contributed by atoms with E-state index in [9.17, 15) is 26.4 Å². The molecule has 0 saturated carbocycles. The molecule has 0 atom stereocenters. The van der Waals surface area contributed by atoms with Crippen molar-refractivity contribution in [3.05, 3.63) is 5.69 Å². The van der Waals surface area contributed by atoms with E-state index in [4.69, 9.17) is 5.14 Å². The lowest BCUT2D eigenvalue weighted by atomic mass is 10.4. The van der Waals surface area contributed by atoms with Gasteiger partial charge in [0.2, 0.25) is 15.9 Å². The molecule has 0 aromatic carbocycles. The van der Waals surface area contributed by atoms with E-state index in [-0.39, 0.29) is 15.0 Å². The molecule has 0 radical (unpaired) electrons. The Labute approximate surface area is 104 Å². The topological polar surface area (TPSA) is 102 Å². The predicted molar refractivity (Wildman–Crippen MR) is 57.5 cm³/mol. The molecular weight excluding hydrogens is 295 g/mol. The first-order valence-corrected chi connectivity index (χ1v) is 6.72. The summed E-state index contributed by atoms with van der Waals surface area (Å²) in [5.41, 5.74) is 0.0183. The number of primary sulfonamides is 1. The van der Waals surface area contributed by atoms with Crippen LogP contribution in [0.4, 0.5) is 18.3 Å². The lowest BCUT2D eigenvalue weighted by Gasteiger charge is -2.04. The fourth-order valence-electron chi connectivity index (χ4n) is 1.05. The van der Waals surface area contributed by atoms with Gasteiger partial charge in [-0.2, -0.15) is 13.2 Å². The minimum absolute atomic E-state index is 0.0183.